The number of non-ortho nitro benzene ring substituents is 1. The van der Waals surface area contributed by atoms with Gasteiger partial charge in [-0.3, -0.25) is 20.2 Å². The molecule has 26 heavy (non-hydrogen) atoms. The smallest absolute Gasteiger partial charge is 0.312 e. The molecule has 2 aromatic carbocycles. The molecule has 2 N–H and O–H groups in total. The molecule has 0 unspecified atom stereocenters. The van der Waals surface area contributed by atoms with Crippen LogP contribution in [0.3, 0.4) is 0 Å². The molecule has 0 atom stereocenters. The number of nitro benzene ring substituents is 2. The second kappa shape index (κ2) is 6.35. The van der Waals surface area contributed by atoms with Crippen molar-refractivity contribution in [2.45, 2.75) is 17.9 Å². The van der Waals surface area contributed by atoms with E-state index in [-0.39, 0.29) is 17.9 Å². The third-order valence-electron chi connectivity index (χ3n) is 4.22. The van der Waals surface area contributed by atoms with Gasteiger partial charge >= 0.3 is 5.69 Å². The summed E-state index contributed by atoms with van der Waals surface area (Å²) in [6.07, 6.45) is 0.518. The SMILES string of the molecule is NS(=O)(=O)c1cccc(N2CCc3ccc([N+](=O)[O-])cc3C2)c1[N+](=O)[O-]. The summed E-state index contributed by atoms with van der Waals surface area (Å²) < 4.78 is 23.4. The highest BCUT2D eigenvalue weighted by Crippen LogP contribution is 2.37. The van der Waals surface area contributed by atoms with Gasteiger partial charge in [0.25, 0.3) is 5.69 Å². The Kier molecular flexibility index (Phi) is 4.34. The molecular weight excluding hydrogens is 364 g/mol. The molecule has 0 aromatic heterocycles. The first-order chi connectivity index (χ1) is 12.2. The maximum absolute atomic E-state index is 11.7. The molecule has 0 radical (unpaired) electrons. The first kappa shape index (κ1) is 17.8. The van der Waals surface area contributed by atoms with Crippen LogP contribution >= 0.6 is 0 Å². The Hall–Kier alpha value is -3.05. The Balaban J connectivity index is 2.07. The Morgan fingerprint density at radius 1 is 1.04 bits per heavy atom. The molecule has 2 aromatic rings. The molecule has 136 valence electrons. The number of rotatable bonds is 4. The quantitative estimate of drug-likeness (QED) is 0.628. The molecule has 11 heteroatoms. The molecule has 0 saturated heterocycles. The van der Waals surface area contributed by atoms with E-state index in [1.807, 2.05) is 0 Å². The Morgan fingerprint density at radius 2 is 1.77 bits per heavy atom. The van der Waals surface area contributed by atoms with Crippen molar-refractivity contribution in [1.29, 1.82) is 0 Å². The minimum Gasteiger partial charge on any atom is -0.361 e. The van der Waals surface area contributed by atoms with Crippen molar-refractivity contribution in [3.63, 3.8) is 0 Å². The Labute approximate surface area is 148 Å². The van der Waals surface area contributed by atoms with Crippen LogP contribution in [0, 0.1) is 20.2 Å². The van der Waals surface area contributed by atoms with Gasteiger partial charge in [0.15, 0.2) is 4.90 Å². The van der Waals surface area contributed by atoms with Crippen molar-refractivity contribution in [1.82, 2.24) is 0 Å². The summed E-state index contributed by atoms with van der Waals surface area (Å²) in [4.78, 5) is 22.2. The van der Waals surface area contributed by atoms with Gasteiger partial charge in [0.2, 0.25) is 10.0 Å². The van der Waals surface area contributed by atoms with Gasteiger partial charge < -0.3 is 4.90 Å². The fraction of sp³-hybridized carbons (Fsp3) is 0.200. The van der Waals surface area contributed by atoms with E-state index < -0.39 is 30.5 Å². The number of nitro groups is 2. The highest BCUT2D eigenvalue weighted by Gasteiger charge is 2.31. The summed E-state index contributed by atoms with van der Waals surface area (Å²) >= 11 is 0. The van der Waals surface area contributed by atoms with Crippen molar-refractivity contribution in [3.8, 4) is 0 Å². The van der Waals surface area contributed by atoms with Crippen LogP contribution in [0.2, 0.25) is 0 Å². The first-order valence-corrected chi connectivity index (χ1v) is 9.04. The third-order valence-corrected chi connectivity index (χ3v) is 5.16. The van der Waals surface area contributed by atoms with E-state index >= 15 is 0 Å². The molecule has 1 heterocycles. The van der Waals surface area contributed by atoms with Gasteiger partial charge in [-0.25, -0.2) is 13.6 Å². The number of para-hydroxylation sites is 1. The molecule has 0 saturated carbocycles. The van der Waals surface area contributed by atoms with Crippen molar-refractivity contribution in [2.24, 2.45) is 5.14 Å². The van der Waals surface area contributed by atoms with Crippen molar-refractivity contribution in [2.75, 3.05) is 11.4 Å². The second-order valence-corrected chi connectivity index (χ2v) is 7.34. The summed E-state index contributed by atoms with van der Waals surface area (Å²) in [5.74, 6) is 0. The zero-order valence-corrected chi connectivity index (χ0v) is 14.2. The lowest BCUT2D eigenvalue weighted by Gasteiger charge is -2.30. The van der Waals surface area contributed by atoms with Crippen LogP contribution in [0.5, 0.6) is 0 Å². The summed E-state index contributed by atoms with van der Waals surface area (Å²) in [6.45, 7) is 0.589. The molecule has 1 aliphatic heterocycles. The number of nitrogens with zero attached hydrogens (tertiary/aromatic N) is 3. The number of benzene rings is 2. The van der Waals surface area contributed by atoms with Gasteiger partial charge in [-0.05, 0) is 29.7 Å². The van der Waals surface area contributed by atoms with Crippen molar-refractivity contribution < 1.29 is 18.3 Å². The summed E-state index contributed by atoms with van der Waals surface area (Å²) in [6, 6.07) is 8.41. The molecule has 1 aliphatic rings. The van der Waals surface area contributed by atoms with Crippen LogP contribution in [0.1, 0.15) is 11.1 Å². The van der Waals surface area contributed by atoms with Crippen LogP contribution in [-0.4, -0.2) is 24.8 Å². The monoisotopic (exact) mass is 378 g/mol. The van der Waals surface area contributed by atoms with Gasteiger partial charge in [0.1, 0.15) is 5.69 Å². The van der Waals surface area contributed by atoms with Crippen LogP contribution in [0.4, 0.5) is 17.1 Å². The fourth-order valence-corrected chi connectivity index (χ4v) is 3.76. The predicted octanol–water partition coefficient (Wildman–Crippen LogP) is 1.71. The summed E-state index contributed by atoms with van der Waals surface area (Å²) in [5.41, 5.74) is 1.03. The van der Waals surface area contributed by atoms with E-state index in [9.17, 15) is 28.6 Å². The molecule has 0 fully saturated rings. The van der Waals surface area contributed by atoms with E-state index in [0.717, 1.165) is 11.6 Å². The predicted molar refractivity (Wildman–Crippen MR) is 92.3 cm³/mol. The zero-order chi connectivity index (χ0) is 19.1. The van der Waals surface area contributed by atoms with E-state index in [4.69, 9.17) is 5.14 Å². The fourth-order valence-electron chi connectivity index (χ4n) is 3.04. The van der Waals surface area contributed by atoms with Crippen LogP contribution in [0.15, 0.2) is 41.3 Å². The first-order valence-electron chi connectivity index (χ1n) is 7.50. The molecule has 0 bridgehead atoms. The zero-order valence-electron chi connectivity index (χ0n) is 13.4. The topological polar surface area (TPSA) is 150 Å². The van der Waals surface area contributed by atoms with Crippen LogP contribution in [0.25, 0.3) is 0 Å². The minimum atomic E-state index is -4.28. The van der Waals surface area contributed by atoms with Crippen molar-refractivity contribution in [3.05, 3.63) is 67.8 Å². The number of nitrogens with two attached hydrogens (primary N) is 1. The van der Waals surface area contributed by atoms with Crippen LogP contribution in [-0.2, 0) is 23.0 Å². The third kappa shape index (κ3) is 3.21. The molecule has 10 nitrogen and oxygen atoms in total. The average Bonchev–Trinajstić information content (AvgIpc) is 2.59. The van der Waals surface area contributed by atoms with Crippen LogP contribution < -0.4 is 10.0 Å². The number of primary sulfonamides is 1. The largest absolute Gasteiger partial charge is 0.361 e. The van der Waals surface area contributed by atoms with E-state index in [1.54, 1.807) is 11.0 Å². The standard InChI is InChI=1S/C15H14N4O6S/c16-26(24,25)14-3-1-2-13(15(14)19(22)23)17-7-6-10-4-5-12(18(20)21)8-11(10)9-17/h1-5,8H,6-7,9H2,(H2,16,24,25). The lowest BCUT2D eigenvalue weighted by molar-refractivity contribution is -0.387. The number of sulfonamides is 1. The minimum absolute atomic E-state index is 0.0709. The molecular formula is C15H14N4O6S. The second-order valence-electron chi connectivity index (χ2n) is 5.81. The normalized spacial score (nSPS) is 14.0. The highest BCUT2D eigenvalue weighted by molar-refractivity contribution is 7.89. The highest BCUT2D eigenvalue weighted by atomic mass is 32.2. The van der Waals surface area contributed by atoms with E-state index in [0.29, 0.717) is 18.5 Å². The average molecular weight is 378 g/mol. The number of fused-ring (bicyclic) bond motifs is 1. The number of hydrogen-bond acceptors (Lipinski definition) is 7. The van der Waals surface area contributed by atoms with Gasteiger partial charge in [-0.15, -0.1) is 0 Å². The lowest BCUT2D eigenvalue weighted by atomic mass is 9.98. The van der Waals surface area contributed by atoms with Gasteiger partial charge in [-0.1, -0.05) is 12.1 Å². The molecule has 0 spiro atoms. The van der Waals surface area contributed by atoms with Gasteiger partial charge in [0.05, 0.1) is 9.85 Å². The van der Waals surface area contributed by atoms with E-state index in [2.05, 4.69) is 0 Å². The Bertz CT molecular complexity index is 1020. The number of hydrogen-bond donors (Lipinski definition) is 1. The summed E-state index contributed by atoms with van der Waals surface area (Å²) in [5, 5.41) is 27.5. The Morgan fingerprint density at radius 3 is 2.38 bits per heavy atom. The maximum Gasteiger partial charge on any atom is 0.312 e. The molecule has 0 amide bonds. The lowest BCUT2D eigenvalue weighted by Crippen LogP contribution is -2.31. The molecule has 3 rings (SSSR count). The van der Waals surface area contributed by atoms with Gasteiger partial charge in [0, 0.05) is 25.2 Å². The number of anilines is 1. The molecule has 0 aliphatic carbocycles. The van der Waals surface area contributed by atoms with Gasteiger partial charge in [-0.2, -0.15) is 0 Å². The van der Waals surface area contributed by atoms with E-state index in [1.165, 1.54) is 24.3 Å². The summed E-state index contributed by atoms with van der Waals surface area (Å²) in [7, 11) is -4.28. The maximum atomic E-state index is 11.7. The van der Waals surface area contributed by atoms with Crippen molar-refractivity contribution >= 4 is 27.1 Å².